The Hall–Kier alpha value is -2.79. The molecule has 0 radical (unpaired) electrons. The van der Waals surface area contributed by atoms with Gasteiger partial charge >= 0.3 is 5.97 Å². The first kappa shape index (κ1) is 15.6. The molecule has 0 saturated carbocycles. The van der Waals surface area contributed by atoms with Gasteiger partial charge in [-0.25, -0.2) is 9.78 Å². The van der Waals surface area contributed by atoms with Gasteiger partial charge in [-0.15, -0.1) is 0 Å². The summed E-state index contributed by atoms with van der Waals surface area (Å²) in [6.45, 7) is 0. The number of esters is 1. The molecule has 1 aromatic heterocycles. The summed E-state index contributed by atoms with van der Waals surface area (Å²) in [7, 11) is 1.19. The number of hydrogen-bond donors (Lipinski definition) is 2. The topological polar surface area (TPSA) is 116 Å². The van der Waals surface area contributed by atoms with E-state index in [1.54, 1.807) is 12.3 Å². The summed E-state index contributed by atoms with van der Waals surface area (Å²) in [6, 6.07) is 5.87. The van der Waals surface area contributed by atoms with Crippen LogP contribution in [-0.2, 0) is 4.74 Å². The molecule has 0 aliphatic heterocycles. The number of nitrogens with one attached hydrogen (secondary N) is 1. The molecular weight excluding hydrogens is 306 g/mol. The van der Waals surface area contributed by atoms with Crippen molar-refractivity contribution >= 4 is 17.7 Å². The SMILES string of the molecule is COC(=O)c1cc(-c2nc(SC)[nH]c(=O)c2C#N)ccc1O. The van der Waals surface area contributed by atoms with Crippen molar-refractivity contribution in [3.8, 4) is 23.1 Å². The lowest BCUT2D eigenvalue weighted by Crippen LogP contribution is -2.14. The molecule has 22 heavy (non-hydrogen) atoms. The van der Waals surface area contributed by atoms with E-state index in [-0.39, 0.29) is 22.6 Å². The maximum Gasteiger partial charge on any atom is 0.341 e. The van der Waals surface area contributed by atoms with Gasteiger partial charge in [-0.05, 0) is 24.5 Å². The monoisotopic (exact) mass is 317 g/mol. The molecule has 0 saturated heterocycles. The molecule has 0 unspecified atom stereocenters. The number of carbonyl (C=O) groups excluding carboxylic acids is 1. The first-order chi connectivity index (χ1) is 10.5. The van der Waals surface area contributed by atoms with Crippen molar-refractivity contribution in [2.75, 3.05) is 13.4 Å². The number of carbonyl (C=O) groups is 1. The Morgan fingerprint density at radius 1 is 1.50 bits per heavy atom. The lowest BCUT2D eigenvalue weighted by Gasteiger charge is -2.08. The fourth-order valence-electron chi connectivity index (χ4n) is 1.82. The Kier molecular flexibility index (Phi) is 4.48. The number of phenolic OH excluding ortho intramolecular Hbond substituents is 1. The van der Waals surface area contributed by atoms with Crippen molar-refractivity contribution in [1.29, 1.82) is 5.26 Å². The van der Waals surface area contributed by atoms with Crippen molar-refractivity contribution in [1.82, 2.24) is 9.97 Å². The molecule has 2 aromatic rings. The highest BCUT2D eigenvalue weighted by molar-refractivity contribution is 7.98. The van der Waals surface area contributed by atoms with Crippen molar-refractivity contribution in [2.24, 2.45) is 0 Å². The van der Waals surface area contributed by atoms with E-state index in [1.165, 1.54) is 37.1 Å². The van der Waals surface area contributed by atoms with Gasteiger partial charge in [0.05, 0.1) is 12.8 Å². The highest BCUT2D eigenvalue weighted by Gasteiger charge is 2.17. The van der Waals surface area contributed by atoms with Gasteiger partial charge in [0.2, 0.25) is 0 Å². The average molecular weight is 317 g/mol. The summed E-state index contributed by atoms with van der Waals surface area (Å²) < 4.78 is 4.58. The number of rotatable bonds is 3. The molecule has 112 valence electrons. The molecule has 0 spiro atoms. The Morgan fingerprint density at radius 2 is 2.23 bits per heavy atom. The van der Waals surface area contributed by atoms with Crippen molar-refractivity contribution < 1.29 is 14.6 Å². The highest BCUT2D eigenvalue weighted by atomic mass is 32.2. The molecule has 0 bridgehead atoms. The van der Waals surface area contributed by atoms with E-state index in [1.807, 2.05) is 0 Å². The van der Waals surface area contributed by atoms with Gasteiger partial charge in [-0.3, -0.25) is 4.79 Å². The Balaban J connectivity index is 2.72. The fraction of sp³-hybridized carbons (Fsp3) is 0.143. The summed E-state index contributed by atoms with van der Waals surface area (Å²) >= 11 is 1.21. The normalized spacial score (nSPS) is 10.0. The maximum absolute atomic E-state index is 11.9. The van der Waals surface area contributed by atoms with E-state index in [0.717, 1.165) is 0 Å². The number of benzene rings is 1. The van der Waals surface area contributed by atoms with Gasteiger partial charge in [0.25, 0.3) is 5.56 Å². The van der Waals surface area contributed by atoms with E-state index in [0.29, 0.717) is 10.7 Å². The molecule has 0 amide bonds. The molecule has 1 heterocycles. The molecule has 0 fully saturated rings. The van der Waals surface area contributed by atoms with E-state index < -0.39 is 11.5 Å². The molecule has 2 N–H and O–H groups in total. The van der Waals surface area contributed by atoms with Crippen LogP contribution in [0.2, 0.25) is 0 Å². The van der Waals surface area contributed by atoms with Gasteiger partial charge in [0, 0.05) is 5.56 Å². The predicted molar refractivity (Wildman–Crippen MR) is 79.8 cm³/mol. The van der Waals surface area contributed by atoms with Crippen molar-refractivity contribution in [3.05, 3.63) is 39.7 Å². The van der Waals surface area contributed by atoms with Gasteiger partial charge in [-0.1, -0.05) is 11.8 Å². The third-order valence-electron chi connectivity index (χ3n) is 2.88. The summed E-state index contributed by atoms with van der Waals surface area (Å²) in [5.41, 5.74) is -0.308. The molecular formula is C14H11N3O4S. The molecule has 0 aliphatic carbocycles. The van der Waals surface area contributed by atoms with Gasteiger partial charge in [0.1, 0.15) is 22.9 Å². The Bertz CT molecular complexity index is 839. The quantitative estimate of drug-likeness (QED) is 0.501. The Morgan fingerprint density at radius 3 is 2.82 bits per heavy atom. The van der Waals surface area contributed by atoms with Crippen LogP contribution in [0.25, 0.3) is 11.3 Å². The second-order valence-corrected chi connectivity index (χ2v) is 4.93. The van der Waals surface area contributed by atoms with Crippen LogP contribution in [0.5, 0.6) is 5.75 Å². The van der Waals surface area contributed by atoms with Crippen LogP contribution in [0.1, 0.15) is 15.9 Å². The second kappa shape index (κ2) is 6.32. The summed E-state index contributed by atoms with van der Waals surface area (Å²) in [4.78, 5) is 30.2. The minimum Gasteiger partial charge on any atom is -0.507 e. The van der Waals surface area contributed by atoms with Crippen LogP contribution in [-0.4, -0.2) is 34.4 Å². The molecule has 2 rings (SSSR count). The first-order valence-corrected chi connectivity index (χ1v) is 7.24. The second-order valence-electron chi connectivity index (χ2n) is 4.13. The van der Waals surface area contributed by atoms with E-state index in [2.05, 4.69) is 14.7 Å². The highest BCUT2D eigenvalue weighted by Crippen LogP contribution is 2.27. The van der Waals surface area contributed by atoms with Crippen molar-refractivity contribution in [2.45, 2.75) is 5.16 Å². The lowest BCUT2D eigenvalue weighted by atomic mass is 10.0. The molecule has 0 atom stereocenters. The molecule has 7 nitrogen and oxygen atoms in total. The zero-order valence-electron chi connectivity index (χ0n) is 11.7. The standard InChI is InChI=1S/C14H11N3O4S/c1-21-13(20)8-5-7(3-4-10(8)18)11-9(6-15)12(19)17-14(16-11)22-2/h3-5,18H,1-2H3,(H,16,17,19). The fourth-order valence-corrected chi connectivity index (χ4v) is 2.20. The number of hydrogen-bond acceptors (Lipinski definition) is 7. The average Bonchev–Trinajstić information content (AvgIpc) is 2.53. The maximum atomic E-state index is 11.9. The third-order valence-corrected chi connectivity index (χ3v) is 3.46. The van der Waals surface area contributed by atoms with Crippen LogP contribution in [0.4, 0.5) is 0 Å². The summed E-state index contributed by atoms with van der Waals surface area (Å²) in [6.07, 6.45) is 1.73. The number of methoxy groups -OCH3 is 1. The Labute approximate surface area is 129 Å². The summed E-state index contributed by atoms with van der Waals surface area (Å²) in [5, 5.41) is 19.2. The molecule has 1 aromatic carbocycles. The van der Waals surface area contributed by atoms with Crippen LogP contribution < -0.4 is 5.56 Å². The predicted octanol–water partition coefficient (Wildman–Crippen LogP) is 1.52. The van der Waals surface area contributed by atoms with Crippen LogP contribution in [0.3, 0.4) is 0 Å². The zero-order valence-corrected chi connectivity index (χ0v) is 12.5. The van der Waals surface area contributed by atoms with E-state index >= 15 is 0 Å². The number of ether oxygens (including phenoxy) is 1. The van der Waals surface area contributed by atoms with Crippen LogP contribution in [0, 0.1) is 11.3 Å². The first-order valence-electron chi connectivity index (χ1n) is 6.02. The number of thioether (sulfide) groups is 1. The number of nitriles is 1. The number of aromatic nitrogens is 2. The number of nitrogens with zero attached hydrogens (tertiary/aromatic N) is 2. The number of phenols is 1. The number of aromatic hydroxyl groups is 1. The molecule has 0 aliphatic rings. The van der Waals surface area contributed by atoms with Crippen LogP contribution >= 0.6 is 11.8 Å². The third kappa shape index (κ3) is 2.80. The van der Waals surface area contributed by atoms with Crippen LogP contribution in [0.15, 0.2) is 28.2 Å². The van der Waals surface area contributed by atoms with Gasteiger partial charge in [0.15, 0.2) is 5.16 Å². The van der Waals surface area contributed by atoms with Crippen molar-refractivity contribution in [3.63, 3.8) is 0 Å². The van der Waals surface area contributed by atoms with E-state index in [9.17, 15) is 14.7 Å². The minimum absolute atomic E-state index is 0.0725. The van der Waals surface area contributed by atoms with Gasteiger partial charge in [-0.2, -0.15) is 5.26 Å². The largest absolute Gasteiger partial charge is 0.507 e. The number of H-pyrrole nitrogens is 1. The smallest absolute Gasteiger partial charge is 0.341 e. The lowest BCUT2D eigenvalue weighted by molar-refractivity contribution is 0.0597. The minimum atomic E-state index is -0.729. The summed E-state index contributed by atoms with van der Waals surface area (Å²) in [5.74, 6) is -0.989. The number of aromatic amines is 1. The molecule has 8 heteroatoms. The zero-order chi connectivity index (χ0) is 16.3. The van der Waals surface area contributed by atoms with Gasteiger partial charge < -0.3 is 14.8 Å². The van der Waals surface area contributed by atoms with E-state index in [4.69, 9.17) is 5.26 Å².